The van der Waals surface area contributed by atoms with Crippen LogP contribution in [0, 0.1) is 0 Å². The number of carbonyl (C=O) groups excluding carboxylic acids is 1. The van der Waals surface area contributed by atoms with Crippen molar-refractivity contribution in [2.24, 2.45) is 5.10 Å². The highest BCUT2D eigenvalue weighted by atomic mass is 19.4. The standard InChI is InChI=1S/C31H23F3N4O/c1-19(39)38-30(23-7-6-20-4-2-3-5-22(20)16-23)18-28(37-38)21-8-11-25(12-9-21)36-27-14-15-35-29-17-24(31(32,33)34)10-13-26(27)29/h2-17,30H,18H2,1H3,(H,35,36). The lowest BCUT2D eigenvalue weighted by atomic mass is 9.96. The molecule has 1 atom stereocenters. The molecule has 0 fully saturated rings. The summed E-state index contributed by atoms with van der Waals surface area (Å²) in [5.41, 5.74) is 3.67. The number of pyridine rings is 1. The van der Waals surface area contributed by atoms with Crippen LogP contribution in [-0.2, 0) is 11.0 Å². The molecule has 5 aromatic rings. The van der Waals surface area contributed by atoms with Crippen LogP contribution in [0.5, 0.6) is 0 Å². The maximum Gasteiger partial charge on any atom is 0.416 e. The Labute approximate surface area is 222 Å². The van der Waals surface area contributed by atoms with Gasteiger partial charge in [-0.3, -0.25) is 9.78 Å². The summed E-state index contributed by atoms with van der Waals surface area (Å²) in [6.45, 7) is 1.52. The number of nitrogens with one attached hydrogen (secondary N) is 1. The fraction of sp³-hybridized carbons (Fsp3) is 0.129. The molecule has 1 aromatic heterocycles. The first kappa shape index (κ1) is 24.6. The maximum atomic E-state index is 13.1. The molecule has 1 unspecified atom stereocenters. The minimum atomic E-state index is -4.43. The van der Waals surface area contributed by atoms with Crippen LogP contribution in [0.3, 0.4) is 0 Å². The third-order valence-electron chi connectivity index (χ3n) is 6.96. The highest BCUT2D eigenvalue weighted by Crippen LogP contribution is 2.36. The van der Waals surface area contributed by atoms with Crippen molar-refractivity contribution >= 4 is 44.7 Å². The van der Waals surface area contributed by atoms with Crippen molar-refractivity contribution in [3.8, 4) is 0 Å². The molecule has 1 aliphatic heterocycles. The van der Waals surface area contributed by atoms with E-state index in [0.717, 1.165) is 45.4 Å². The zero-order valence-corrected chi connectivity index (χ0v) is 20.9. The van der Waals surface area contributed by atoms with Crippen LogP contribution < -0.4 is 5.32 Å². The first-order valence-electron chi connectivity index (χ1n) is 12.5. The molecule has 0 aliphatic carbocycles. The van der Waals surface area contributed by atoms with E-state index in [-0.39, 0.29) is 17.5 Å². The van der Waals surface area contributed by atoms with E-state index in [4.69, 9.17) is 0 Å². The SMILES string of the molecule is CC(=O)N1N=C(c2ccc(Nc3ccnc4cc(C(F)(F)F)ccc34)cc2)CC1c1ccc2ccccc2c1. The summed E-state index contributed by atoms with van der Waals surface area (Å²) in [4.78, 5) is 16.6. The molecule has 1 amide bonds. The summed E-state index contributed by atoms with van der Waals surface area (Å²) in [5, 5.41) is 12.3. The van der Waals surface area contributed by atoms with Crippen LogP contribution in [0.25, 0.3) is 21.7 Å². The number of alkyl halides is 3. The number of aromatic nitrogens is 1. The number of amides is 1. The predicted octanol–water partition coefficient (Wildman–Crippen LogP) is 7.85. The first-order chi connectivity index (χ1) is 18.8. The first-order valence-corrected chi connectivity index (χ1v) is 12.5. The molecule has 0 saturated carbocycles. The Morgan fingerprint density at radius 2 is 1.69 bits per heavy atom. The molecule has 0 radical (unpaired) electrons. The Kier molecular flexibility index (Phi) is 6.02. The number of fused-ring (bicyclic) bond motifs is 2. The predicted molar refractivity (Wildman–Crippen MR) is 147 cm³/mol. The van der Waals surface area contributed by atoms with Gasteiger partial charge in [0.15, 0.2) is 0 Å². The monoisotopic (exact) mass is 524 g/mol. The van der Waals surface area contributed by atoms with Crippen LogP contribution in [0.4, 0.5) is 24.5 Å². The minimum absolute atomic E-state index is 0.125. The molecule has 0 saturated heterocycles. The van der Waals surface area contributed by atoms with E-state index in [1.165, 1.54) is 19.2 Å². The fourth-order valence-corrected chi connectivity index (χ4v) is 4.98. The molecule has 8 heteroatoms. The van der Waals surface area contributed by atoms with Gasteiger partial charge in [0, 0.05) is 36.3 Å². The van der Waals surface area contributed by atoms with Gasteiger partial charge in [-0.05, 0) is 58.3 Å². The largest absolute Gasteiger partial charge is 0.416 e. The summed E-state index contributed by atoms with van der Waals surface area (Å²) >= 11 is 0. The molecule has 0 spiro atoms. The van der Waals surface area contributed by atoms with Crippen molar-refractivity contribution in [2.45, 2.75) is 25.6 Å². The van der Waals surface area contributed by atoms with Crippen LogP contribution in [0.1, 0.15) is 36.1 Å². The lowest BCUT2D eigenvalue weighted by Gasteiger charge is -2.20. The summed E-state index contributed by atoms with van der Waals surface area (Å²) in [7, 11) is 0. The Bertz CT molecular complexity index is 1750. The van der Waals surface area contributed by atoms with Crippen molar-refractivity contribution < 1.29 is 18.0 Å². The number of nitrogens with zero attached hydrogens (tertiary/aromatic N) is 3. The third kappa shape index (κ3) is 4.81. The Morgan fingerprint density at radius 3 is 2.44 bits per heavy atom. The van der Waals surface area contributed by atoms with E-state index in [2.05, 4.69) is 39.7 Å². The third-order valence-corrected chi connectivity index (χ3v) is 6.96. The number of benzene rings is 4. The van der Waals surface area contributed by atoms with E-state index < -0.39 is 11.7 Å². The molecule has 0 bridgehead atoms. The van der Waals surface area contributed by atoms with E-state index >= 15 is 0 Å². The number of rotatable bonds is 4. The molecule has 2 heterocycles. The highest BCUT2D eigenvalue weighted by molar-refractivity contribution is 6.03. The zero-order valence-electron chi connectivity index (χ0n) is 20.9. The second-order valence-corrected chi connectivity index (χ2v) is 9.53. The average molecular weight is 525 g/mol. The van der Waals surface area contributed by atoms with E-state index in [9.17, 15) is 18.0 Å². The number of carbonyl (C=O) groups is 1. The van der Waals surface area contributed by atoms with Gasteiger partial charge in [-0.1, -0.05) is 54.6 Å². The van der Waals surface area contributed by atoms with Crippen LogP contribution >= 0.6 is 0 Å². The van der Waals surface area contributed by atoms with Gasteiger partial charge in [0.1, 0.15) is 0 Å². The maximum absolute atomic E-state index is 13.1. The molecule has 6 rings (SSSR count). The lowest BCUT2D eigenvalue weighted by Crippen LogP contribution is -2.24. The second kappa shape index (κ2) is 9.54. The molecular formula is C31H23F3N4O. The smallest absolute Gasteiger partial charge is 0.355 e. The second-order valence-electron chi connectivity index (χ2n) is 9.53. The van der Waals surface area contributed by atoms with Crippen molar-refractivity contribution in [3.05, 3.63) is 114 Å². The van der Waals surface area contributed by atoms with E-state index in [1.54, 1.807) is 11.1 Å². The van der Waals surface area contributed by atoms with E-state index in [0.29, 0.717) is 17.5 Å². The topological polar surface area (TPSA) is 57.6 Å². The van der Waals surface area contributed by atoms with Crippen LogP contribution in [0.2, 0.25) is 0 Å². The average Bonchev–Trinajstić information content (AvgIpc) is 3.39. The van der Waals surface area contributed by atoms with Crippen molar-refractivity contribution in [2.75, 3.05) is 5.32 Å². The molecule has 194 valence electrons. The number of hydrogen-bond acceptors (Lipinski definition) is 4. The summed E-state index contributed by atoms with van der Waals surface area (Å²) in [6.07, 6.45) is -2.36. The van der Waals surface area contributed by atoms with Crippen molar-refractivity contribution in [1.82, 2.24) is 9.99 Å². The number of hydrazone groups is 1. The van der Waals surface area contributed by atoms with Gasteiger partial charge in [0.05, 0.1) is 22.8 Å². The van der Waals surface area contributed by atoms with Gasteiger partial charge >= 0.3 is 6.18 Å². The van der Waals surface area contributed by atoms with Crippen LogP contribution in [0.15, 0.2) is 102 Å². The normalized spacial score (nSPS) is 15.5. The lowest BCUT2D eigenvalue weighted by molar-refractivity contribution is -0.137. The summed E-state index contributed by atoms with van der Waals surface area (Å²) < 4.78 is 39.3. The number of halogens is 3. The minimum Gasteiger partial charge on any atom is -0.355 e. The Balaban J connectivity index is 1.24. The zero-order chi connectivity index (χ0) is 27.1. The van der Waals surface area contributed by atoms with Gasteiger partial charge < -0.3 is 5.32 Å². The molecule has 1 aliphatic rings. The molecular weight excluding hydrogens is 501 g/mol. The van der Waals surface area contributed by atoms with Crippen molar-refractivity contribution in [1.29, 1.82) is 0 Å². The summed E-state index contributed by atoms with van der Waals surface area (Å²) in [6, 6.07) is 27.0. The fourth-order valence-electron chi connectivity index (χ4n) is 4.98. The number of hydrogen-bond donors (Lipinski definition) is 1. The Morgan fingerprint density at radius 1 is 0.923 bits per heavy atom. The molecule has 5 nitrogen and oxygen atoms in total. The van der Waals surface area contributed by atoms with E-state index in [1.807, 2.05) is 42.5 Å². The molecule has 39 heavy (non-hydrogen) atoms. The van der Waals surface area contributed by atoms with Gasteiger partial charge in [-0.25, -0.2) is 5.01 Å². The number of anilines is 2. The summed E-state index contributed by atoms with van der Waals surface area (Å²) in [5.74, 6) is -0.125. The van der Waals surface area contributed by atoms with Crippen molar-refractivity contribution in [3.63, 3.8) is 0 Å². The quantitative estimate of drug-likeness (QED) is 0.261. The highest BCUT2D eigenvalue weighted by Gasteiger charge is 2.32. The van der Waals surface area contributed by atoms with Crippen LogP contribution in [-0.4, -0.2) is 21.6 Å². The van der Waals surface area contributed by atoms with Gasteiger partial charge in [-0.15, -0.1) is 0 Å². The van der Waals surface area contributed by atoms with Gasteiger partial charge in [0.2, 0.25) is 5.91 Å². The van der Waals surface area contributed by atoms with Gasteiger partial charge in [-0.2, -0.15) is 18.3 Å². The molecule has 4 aromatic carbocycles. The Hall–Kier alpha value is -4.72. The van der Waals surface area contributed by atoms with Gasteiger partial charge in [0.25, 0.3) is 0 Å². The molecule has 1 N–H and O–H groups in total.